The van der Waals surface area contributed by atoms with Crippen molar-refractivity contribution in [2.24, 2.45) is 7.05 Å². The summed E-state index contributed by atoms with van der Waals surface area (Å²) >= 11 is 0. The van der Waals surface area contributed by atoms with Gasteiger partial charge in [-0.15, -0.1) is 10.2 Å². The van der Waals surface area contributed by atoms with E-state index >= 15 is 0 Å². The number of aliphatic carboxylic acids is 1. The molecule has 1 aliphatic rings. The van der Waals surface area contributed by atoms with E-state index in [2.05, 4.69) is 27.1 Å². The Hall–Kier alpha value is -2.02. The lowest BCUT2D eigenvalue weighted by molar-refractivity contribution is -0.146. The SMILES string of the molecule is C#N.Cn1cnnc1CN1CCCC(NOCC(=O)O)C1. The van der Waals surface area contributed by atoms with E-state index < -0.39 is 5.97 Å². The summed E-state index contributed by atoms with van der Waals surface area (Å²) in [6, 6.07) is 0.154. The average Bonchev–Trinajstić information content (AvgIpc) is 2.87. The maximum absolute atomic E-state index is 10.4. The van der Waals surface area contributed by atoms with Crippen LogP contribution in [0.5, 0.6) is 0 Å². The van der Waals surface area contributed by atoms with Crippen LogP contribution < -0.4 is 5.48 Å². The molecule has 0 radical (unpaired) electrons. The van der Waals surface area contributed by atoms with E-state index in [4.69, 9.17) is 15.2 Å². The minimum atomic E-state index is -0.973. The van der Waals surface area contributed by atoms with E-state index in [9.17, 15) is 4.79 Å². The molecule has 0 aliphatic carbocycles. The number of aryl methyl sites for hydroxylation is 1. The van der Waals surface area contributed by atoms with Crippen LogP contribution in [0.25, 0.3) is 0 Å². The number of nitrogens with zero attached hydrogens (tertiary/aromatic N) is 5. The predicted octanol–water partition coefficient (Wildman–Crippen LogP) is -0.475. The smallest absolute Gasteiger partial charge is 0.331 e. The van der Waals surface area contributed by atoms with Gasteiger partial charge in [0, 0.05) is 26.2 Å². The summed E-state index contributed by atoms with van der Waals surface area (Å²) in [4.78, 5) is 17.6. The lowest BCUT2D eigenvalue weighted by Crippen LogP contribution is -2.45. The summed E-state index contributed by atoms with van der Waals surface area (Å²) in [6.07, 6.45) is 3.71. The van der Waals surface area contributed by atoms with Crippen LogP contribution in [0.4, 0.5) is 0 Å². The highest BCUT2D eigenvalue weighted by Crippen LogP contribution is 2.12. The van der Waals surface area contributed by atoms with Crippen molar-refractivity contribution < 1.29 is 14.7 Å². The highest BCUT2D eigenvalue weighted by atomic mass is 16.7. The van der Waals surface area contributed by atoms with Crippen molar-refractivity contribution >= 4 is 5.97 Å². The van der Waals surface area contributed by atoms with Gasteiger partial charge in [-0.1, -0.05) is 0 Å². The van der Waals surface area contributed by atoms with Gasteiger partial charge in [0.2, 0.25) is 0 Å². The first-order valence-corrected chi connectivity index (χ1v) is 6.55. The van der Waals surface area contributed by atoms with Crippen LogP contribution in [0.2, 0.25) is 0 Å². The van der Waals surface area contributed by atoms with Gasteiger partial charge >= 0.3 is 5.97 Å². The van der Waals surface area contributed by atoms with Gasteiger partial charge in [0.05, 0.1) is 6.54 Å². The molecule has 1 aliphatic heterocycles. The zero-order valence-corrected chi connectivity index (χ0v) is 12.0. The fourth-order valence-corrected chi connectivity index (χ4v) is 2.17. The van der Waals surface area contributed by atoms with Crippen LogP contribution in [0.15, 0.2) is 6.33 Å². The number of hydrogen-bond donors (Lipinski definition) is 2. The number of carboxylic acids is 1. The lowest BCUT2D eigenvalue weighted by Gasteiger charge is -2.32. The molecule has 2 rings (SSSR count). The maximum atomic E-state index is 10.4. The minimum absolute atomic E-state index is 0.154. The van der Waals surface area contributed by atoms with Crippen molar-refractivity contribution in [2.45, 2.75) is 25.4 Å². The summed E-state index contributed by atoms with van der Waals surface area (Å²) in [7, 11) is 1.92. The Bertz CT molecular complexity index is 461. The van der Waals surface area contributed by atoms with E-state index in [0.29, 0.717) is 0 Å². The third-order valence-corrected chi connectivity index (χ3v) is 3.12. The van der Waals surface area contributed by atoms with Gasteiger partial charge in [-0.25, -0.2) is 10.1 Å². The molecule has 1 saturated heterocycles. The maximum Gasteiger partial charge on any atom is 0.331 e. The first kappa shape index (κ1) is 17.0. The van der Waals surface area contributed by atoms with E-state index in [-0.39, 0.29) is 12.6 Å². The summed E-state index contributed by atoms with van der Waals surface area (Å²) < 4.78 is 1.90. The molecule has 9 nitrogen and oxygen atoms in total. The largest absolute Gasteiger partial charge is 0.479 e. The topological polar surface area (TPSA) is 116 Å². The third-order valence-electron chi connectivity index (χ3n) is 3.12. The Kier molecular flexibility index (Phi) is 7.31. The van der Waals surface area contributed by atoms with Gasteiger partial charge in [-0.2, -0.15) is 5.48 Å². The Morgan fingerprint density at radius 3 is 3.05 bits per heavy atom. The van der Waals surface area contributed by atoms with Crippen LogP contribution in [-0.2, 0) is 23.2 Å². The van der Waals surface area contributed by atoms with Gasteiger partial charge < -0.3 is 9.67 Å². The van der Waals surface area contributed by atoms with Crippen molar-refractivity contribution in [2.75, 3.05) is 19.7 Å². The number of hydrogen-bond acceptors (Lipinski definition) is 7. The Labute approximate surface area is 123 Å². The normalized spacial score (nSPS) is 18.7. The zero-order chi connectivity index (χ0) is 15.7. The summed E-state index contributed by atoms with van der Waals surface area (Å²) in [5.74, 6) is -0.0497. The molecule has 21 heavy (non-hydrogen) atoms. The molecule has 116 valence electrons. The summed E-state index contributed by atoms with van der Waals surface area (Å²) in [5.41, 5.74) is 2.81. The fraction of sp³-hybridized carbons (Fsp3) is 0.667. The van der Waals surface area contributed by atoms with Gasteiger partial charge in [0.15, 0.2) is 6.61 Å². The van der Waals surface area contributed by atoms with Crippen molar-refractivity contribution in [1.82, 2.24) is 25.1 Å². The molecule has 2 N–H and O–H groups in total. The second-order valence-corrected chi connectivity index (χ2v) is 4.73. The third kappa shape index (κ3) is 5.86. The van der Waals surface area contributed by atoms with E-state index in [1.165, 1.54) is 0 Å². The van der Waals surface area contributed by atoms with Crippen LogP contribution in [0.3, 0.4) is 0 Å². The average molecular weight is 296 g/mol. The molecule has 1 aromatic heterocycles. The minimum Gasteiger partial charge on any atom is -0.479 e. The molecular formula is C12H20N6O3. The van der Waals surface area contributed by atoms with Crippen molar-refractivity contribution in [3.05, 3.63) is 12.2 Å². The number of likely N-dealkylation sites (tertiary alicyclic amines) is 1. The van der Waals surface area contributed by atoms with Crippen LogP contribution in [-0.4, -0.2) is 56.5 Å². The number of nitrogens with one attached hydrogen (secondary N) is 1. The summed E-state index contributed by atoms with van der Waals surface area (Å²) in [5, 5.41) is 22.9. The van der Waals surface area contributed by atoms with E-state index in [1.54, 1.807) is 6.33 Å². The molecule has 0 spiro atoms. The molecule has 0 saturated carbocycles. The van der Waals surface area contributed by atoms with Crippen molar-refractivity contribution in [1.29, 1.82) is 5.26 Å². The highest BCUT2D eigenvalue weighted by Gasteiger charge is 2.21. The van der Waals surface area contributed by atoms with E-state index in [0.717, 1.165) is 38.3 Å². The zero-order valence-electron chi connectivity index (χ0n) is 12.0. The lowest BCUT2D eigenvalue weighted by atomic mass is 10.1. The second-order valence-electron chi connectivity index (χ2n) is 4.73. The second kappa shape index (κ2) is 9.02. The van der Waals surface area contributed by atoms with Gasteiger partial charge in [0.1, 0.15) is 12.2 Å². The number of hydroxylamine groups is 1. The molecule has 1 atom stereocenters. The number of nitriles is 1. The quantitative estimate of drug-likeness (QED) is 0.676. The molecule has 0 amide bonds. The van der Waals surface area contributed by atoms with Crippen LogP contribution in [0.1, 0.15) is 18.7 Å². The number of rotatable bonds is 6. The molecule has 2 heterocycles. The van der Waals surface area contributed by atoms with Crippen molar-refractivity contribution in [3.63, 3.8) is 0 Å². The molecule has 1 unspecified atom stereocenters. The molecule has 9 heteroatoms. The summed E-state index contributed by atoms with van der Waals surface area (Å²) in [6.45, 7) is 5.74. The molecule has 1 aromatic rings. The molecule has 0 bridgehead atoms. The van der Waals surface area contributed by atoms with Gasteiger partial charge in [-0.3, -0.25) is 9.74 Å². The van der Waals surface area contributed by atoms with Crippen LogP contribution in [0, 0.1) is 11.8 Å². The van der Waals surface area contributed by atoms with Gasteiger partial charge in [-0.05, 0) is 19.4 Å². The predicted molar refractivity (Wildman–Crippen MR) is 72.7 cm³/mol. The van der Waals surface area contributed by atoms with Crippen LogP contribution >= 0.6 is 0 Å². The van der Waals surface area contributed by atoms with E-state index in [1.807, 2.05) is 11.6 Å². The first-order chi connectivity index (χ1) is 10.1. The Balaban J connectivity index is 0.00000106. The molecule has 1 fully saturated rings. The monoisotopic (exact) mass is 296 g/mol. The van der Waals surface area contributed by atoms with Gasteiger partial charge in [0.25, 0.3) is 0 Å². The molecule has 0 aromatic carbocycles. The standard InChI is InChI=1S/C11H19N5O3.CHN/c1-15-8-12-13-10(15)6-16-4-2-3-9(5-16)14-19-7-11(17)18;1-2/h8-9,14H,2-7H2,1H3,(H,17,18);1H. The molecular weight excluding hydrogens is 276 g/mol. The number of aromatic nitrogens is 3. The fourth-order valence-electron chi connectivity index (χ4n) is 2.17. The Morgan fingerprint density at radius 1 is 1.67 bits per heavy atom. The number of piperidine rings is 1. The van der Waals surface area contributed by atoms with Crippen molar-refractivity contribution in [3.8, 4) is 6.57 Å². The highest BCUT2D eigenvalue weighted by molar-refractivity contribution is 5.67. The Morgan fingerprint density at radius 2 is 2.43 bits per heavy atom. The first-order valence-electron chi connectivity index (χ1n) is 6.55. The number of carbonyl (C=O) groups is 1. The number of carboxylic acid groups (broad SMARTS) is 1.